The quantitative estimate of drug-likeness (QED) is 0.0328. The van der Waals surface area contributed by atoms with Gasteiger partial charge in [-0.15, -0.1) is 0 Å². The first-order chi connectivity index (χ1) is 25.9. The van der Waals surface area contributed by atoms with E-state index in [0.717, 1.165) is 89.9 Å². The van der Waals surface area contributed by atoms with Gasteiger partial charge in [-0.2, -0.15) is 0 Å². The standard InChI is InChI=1S/C46H82N2O5/c1-3-5-7-9-11-13-15-17-19-21-23-25-30-34-40-45(50)53-42(36-31-27-24-22-20-18-16-14-12-10-8-6-4-2)37-32-28-26-29-33-39-44(49)48-43(46(51)52)38-35-41-47/h6,8,12,14,18,20,24,27,42-43H,3-5,7,9-11,13,15-17,19,21-23,25-26,28-41,47H2,1-2H3,(H,48,49)(H,51,52)/b8-6-,14-12-,20-18-,27-24-. The number of carboxylic acid groups (broad SMARTS) is 1. The van der Waals surface area contributed by atoms with Crippen molar-refractivity contribution in [3.8, 4) is 0 Å². The molecule has 0 radical (unpaired) electrons. The Morgan fingerprint density at radius 1 is 0.566 bits per heavy atom. The van der Waals surface area contributed by atoms with E-state index in [4.69, 9.17) is 10.5 Å². The van der Waals surface area contributed by atoms with Crippen LogP contribution in [0.2, 0.25) is 0 Å². The molecule has 0 heterocycles. The van der Waals surface area contributed by atoms with Crippen molar-refractivity contribution in [3.05, 3.63) is 48.6 Å². The van der Waals surface area contributed by atoms with Gasteiger partial charge in [0, 0.05) is 12.8 Å². The topological polar surface area (TPSA) is 119 Å². The molecular weight excluding hydrogens is 661 g/mol. The molecule has 0 rings (SSSR count). The maximum Gasteiger partial charge on any atom is 0.326 e. The van der Waals surface area contributed by atoms with Crippen molar-refractivity contribution in [2.75, 3.05) is 6.54 Å². The van der Waals surface area contributed by atoms with Crippen LogP contribution in [0.5, 0.6) is 0 Å². The third-order valence-corrected chi connectivity index (χ3v) is 9.67. The van der Waals surface area contributed by atoms with Gasteiger partial charge in [0.1, 0.15) is 12.1 Å². The van der Waals surface area contributed by atoms with Crippen molar-refractivity contribution >= 4 is 17.8 Å². The largest absolute Gasteiger partial charge is 0.480 e. The molecular formula is C46H82N2O5. The second-order valence-corrected chi connectivity index (χ2v) is 14.7. The fraction of sp³-hybridized carbons (Fsp3) is 0.761. The number of unbranched alkanes of at least 4 members (excludes halogenated alkanes) is 17. The van der Waals surface area contributed by atoms with Crippen LogP contribution in [0.1, 0.15) is 206 Å². The minimum Gasteiger partial charge on any atom is -0.480 e. The number of amides is 1. The molecule has 0 aliphatic carbocycles. The average molecular weight is 743 g/mol. The van der Waals surface area contributed by atoms with E-state index in [9.17, 15) is 19.5 Å². The summed E-state index contributed by atoms with van der Waals surface area (Å²) < 4.78 is 6.01. The molecule has 2 unspecified atom stereocenters. The third kappa shape index (κ3) is 37.4. The lowest BCUT2D eigenvalue weighted by molar-refractivity contribution is -0.150. The first kappa shape index (κ1) is 50.3. The van der Waals surface area contributed by atoms with Gasteiger partial charge in [-0.3, -0.25) is 9.59 Å². The normalized spacial score (nSPS) is 13.1. The zero-order valence-electron chi connectivity index (χ0n) is 34.4. The Labute approximate surface area is 326 Å². The van der Waals surface area contributed by atoms with Crippen LogP contribution < -0.4 is 11.1 Å². The Kier molecular flexibility index (Phi) is 38.5. The number of hydrogen-bond donors (Lipinski definition) is 3. The van der Waals surface area contributed by atoms with Crippen LogP contribution in [-0.2, 0) is 19.1 Å². The number of carboxylic acids is 1. The molecule has 0 bridgehead atoms. The molecule has 0 aliphatic heterocycles. The van der Waals surface area contributed by atoms with Crippen molar-refractivity contribution in [1.82, 2.24) is 5.32 Å². The highest BCUT2D eigenvalue weighted by molar-refractivity contribution is 5.83. The number of nitrogens with two attached hydrogens (primary N) is 1. The van der Waals surface area contributed by atoms with E-state index in [1.165, 1.54) is 77.0 Å². The summed E-state index contributed by atoms with van der Waals surface area (Å²) in [6, 6.07) is -0.864. The summed E-state index contributed by atoms with van der Waals surface area (Å²) >= 11 is 0. The third-order valence-electron chi connectivity index (χ3n) is 9.67. The number of nitrogens with one attached hydrogen (secondary N) is 1. The molecule has 0 aromatic carbocycles. The van der Waals surface area contributed by atoms with Crippen molar-refractivity contribution in [3.63, 3.8) is 0 Å². The Balaban J connectivity index is 4.42. The van der Waals surface area contributed by atoms with E-state index < -0.39 is 12.0 Å². The van der Waals surface area contributed by atoms with Gasteiger partial charge in [-0.1, -0.05) is 165 Å². The second kappa shape index (κ2) is 40.5. The minimum absolute atomic E-state index is 0.0590. The molecule has 0 aliphatic rings. The van der Waals surface area contributed by atoms with Crippen LogP contribution in [-0.4, -0.2) is 41.6 Å². The Morgan fingerprint density at radius 3 is 1.55 bits per heavy atom. The van der Waals surface area contributed by atoms with Crippen LogP contribution in [0.25, 0.3) is 0 Å². The smallest absolute Gasteiger partial charge is 0.326 e. The predicted molar refractivity (Wildman–Crippen MR) is 225 cm³/mol. The fourth-order valence-electron chi connectivity index (χ4n) is 6.38. The van der Waals surface area contributed by atoms with Gasteiger partial charge in [-0.25, -0.2) is 4.79 Å². The van der Waals surface area contributed by atoms with Crippen molar-refractivity contribution in [2.24, 2.45) is 5.73 Å². The fourth-order valence-corrected chi connectivity index (χ4v) is 6.38. The zero-order chi connectivity index (χ0) is 38.9. The van der Waals surface area contributed by atoms with Gasteiger partial charge in [-0.05, 0) is 83.6 Å². The van der Waals surface area contributed by atoms with Crippen LogP contribution in [0.3, 0.4) is 0 Å². The van der Waals surface area contributed by atoms with E-state index in [0.29, 0.717) is 32.2 Å². The van der Waals surface area contributed by atoms with E-state index in [1.54, 1.807) is 0 Å². The van der Waals surface area contributed by atoms with Crippen LogP contribution >= 0.6 is 0 Å². The molecule has 4 N–H and O–H groups in total. The summed E-state index contributed by atoms with van der Waals surface area (Å²) in [5.74, 6) is -1.28. The highest BCUT2D eigenvalue weighted by atomic mass is 16.5. The molecule has 53 heavy (non-hydrogen) atoms. The van der Waals surface area contributed by atoms with Crippen molar-refractivity contribution in [1.29, 1.82) is 0 Å². The highest BCUT2D eigenvalue weighted by Crippen LogP contribution is 2.18. The predicted octanol–water partition coefficient (Wildman–Crippen LogP) is 12.4. The van der Waals surface area contributed by atoms with Crippen LogP contribution in [0, 0.1) is 0 Å². The lowest BCUT2D eigenvalue weighted by Crippen LogP contribution is -2.40. The van der Waals surface area contributed by atoms with Crippen LogP contribution in [0.4, 0.5) is 0 Å². The highest BCUT2D eigenvalue weighted by Gasteiger charge is 2.19. The summed E-state index contributed by atoms with van der Waals surface area (Å²) in [6.07, 6.45) is 48.7. The van der Waals surface area contributed by atoms with Gasteiger partial charge in [0.25, 0.3) is 0 Å². The number of carbonyl (C=O) groups is 3. The number of allylic oxidation sites excluding steroid dienone is 8. The maximum atomic E-state index is 12.8. The number of carbonyl (C=O) groups excluding carboxylic acids is 2. The molecule has 0 fully saturated rings. The maximum absolute atomic E-state index is 12.8. The molecule has 0 aromatic heterocycles. The molecule has 7 nitrogen and oxygen atoms in total. The number of rotatable bonds is 39. The summed E-state index contributed by atoms with van der Waals surface area (Å²) in [6.45, 7) is 4.83. The molecule has 0 saturated heterocycles. The number of ether oxygens (including phenoxy) is 1. The molecule has 0 aromatic rings. The first-order valence-corrected chi connectivity index (χ1v) is 22.0. The average Bonchev–Trinajstić information content (AvgIpc) is 3.14. The SMILES string of the molecule is CC/C=C\C/C=C\C/C=C\C/C=C\CCC(CCCCCCCC(=O)NC(CCCN)C(=O)O)OC(=O)CCCCCCCCCCCCCCCC. The minimum atomic E-state index is -1.01. The van der Waals surface area contributed by atoms with Gasteiger partial charge in [0.2, 0.25) is 5.91 Å². The van der Waals surface area contributed by atoms with Gasteiger partial charge in [0.15, 0.2) is 0 Å². The van der Waals surface area contributed by atoms with Gasteiger partial charge in [0.05, 0.1) is 0 Å². The summed E-state index contributed by atoms with van der Waals surface area (Å²) in [7, 11) is 0. The van der Waals surface area contributed by atoms with E-state index in [2.05, 4.69) is 67.8 Å². The molecule has 7 heteroatoms. The number of esters is 1. The number of aliphatic carboxylic acids is 1. The first-order valence-electron chi connectivity index (χ1n) is 22.0. The van der Waals surface area contributed by atoms with E-state index in [-0.39, 0.29) is 18.0 Å². The van der Waals surface area contributed by atoms with E-state index >= 15 is 0 Å². The van der Waals surface area contributed by atoms with Crippen molar-refractivity contribution in [2.45, 2.75) is 219 Å². The number of hydrogen-bond acceptors (Lipinski definition) is 5. The Hall–Kier alpha value is -2.67. The zero-order valence-corrected chi connectivity index (χ0v) is 34.4. The second-order valence-electron chi connectivity index (χ2n) is 14.7. The van der Waals surface area contributed by atoms with E-state index in [1.807, 2.05) is 0 Å². The van der Waals surface area contributed by atoms with Gasteiger partial charge >= 0.3 is 11.9 Å². The summed E-state index contributed by atoms with van der Waals surface area (Å²) in [5, 5.41) is 11.9. The Bertz CT molecular complexity index is 973. The monoisotopic (exact) mass is 743 g/mol. The molecule has 2 atom stereocenters. The molecule has 1 amide bonds. The van der Waals surface area contributed by atoms with Crippen molar-refractivity contribution < 1.29 is 24.2 Å². The van der Waals surface area contributed by atoms with Crippen LogP contribution in [0.15, 0.2) is 48.6 Å². The Morgan fingerprint density at radius 2 is 1.04 bits per heavy atom. The summed E-state index contributed by atoms with van der Waals surface area (Å²) in [5.41, 5.74) is 5.48. The van der Waals surface area contributed by atoms with Gasteiger partial charge < -0.3 is 20.9 Å². The summed E-state index contributed by atoms with van der Waals surface area (Å²) in [4.78, 5) is 36.4. The molecule has 0 spiro atoms. The lowest BCUT2D eigenvalue weighted by atomic mass is 10.0. The molecule has 0 saturated carbocycles. The molecule has 306 valence electrons. The lowest BCUT2D eigenvalue weighted by Gasteiger charge is -2.17.